The molecule has 2 rings (SSSR count). The molecule has 0 aromatic heterocycles. The van der Waals surface area contributed by atoms with Crippen LogP contribution in [0.5, 0.6) is 5.75 Å². The van der Waals surface area contributed by atoms with E-state index in [1.807, 2.05) is 0 Å². The predicted octanol–water partition coefficient (Wildman–Crippen LogP) is 3.40. The minimum Gasteiger partial charge on any atom is -0.479 e. The summed E-state index contributed by atoms with van der Waals surface area (Å²) in [7, 11) is 0. The Bertz CT molecular complexity index is 1050. The lowest BCUT2D eigenvalue weighted by Crippen LogP contribution is -2.51. The molecule has 0 bridgehead atoms. The molecule has 3 N–H and O–H groups in total. The number of carbonyl (C=O) groups is 2. The summed E-state index contributed by atoms with van der Waals surface area (Å²) >= 11 is 16.7. The van der Waals surface area contributed by atoms with Gasteiger partial charge in [0, 0.05) is 23.2 Å². The Balaban J connectivity index is 1.81. The zero-order valence-corrected chi connectivity index (χ0v) is 18.3. The highest BCUT2D eigenvalue weighted by Crippen LogP contribution is 2.28. The maximum absolute atomic E-state index is 12.1. The number of rotatable bonds is 6. The molecular weight excluding hydrogens is 467 g/mol. The number of hydrogen-bond acceptors (Lipinski definition) is 6. The lowest BCUT2D eigenvalue weighted by Gasteiger charge is -2.16. The van der Waals surface area contributed by atoms with E-state index in [4.69, 9.17) is 40.2 Å². The van der Waals surface area contributed by atoms with Gasteiger partial charge in [-0.15, -0.1) is 0 Å². The third kappa shape index (κ3) is 7.85. The van der Waals surface area contributed by atoms with Crippen LogP contribution >= 0.6 is 35.4 Å². The topological polar surface area (TPSA) is 123 Å². The molecule has 162 valence electrons. The Kier molecular flexibility index (Phi) is 8.74. The summed E-state index contributed by atoms with van der Waals surface area (Å²) < 4.78 is 5.46. The molecule has 31 heavy (non-hydrogen) atoms. The van der Waals surface area contributed by atoms with E-state index in [1.165, 1.54) is 43.3 Å². The molecule has 1 unspecified atom stereocenters. The molecule has 0 fully saturated rings. The van der Waals surface area contributed by atoms with Crippen LogP contribution in [0.1, 0.15) is 12.5 Å². The molecule has 2 aromatic carbocycles. The molecule has 2 aromatic rings. The molecule has 0 saturated heterocycles. The Morgan fingerprint density at radius 3 is 2.61 bits per heavy atom. The van der Waals surface area contributed by atoms with E-state index in [0.717, 1.165) is 6.08 Å². The number of ether oxygens (including phenoxy) is 1. The Morgan fingerprint density at radius 1 is 1.19 bits per heavy atom. The third-order valence-electron chi connectivity index (χ3n) is 3.61. The largest absolute Gasteiger partial charge is 0.479 e. The van der Waals surface area contributed by atoms with Gasteiger partial charge >= 0.3 is 0 Å². The third-order valence-corrected chi connectivity index (χ3v) is 4.35. The Labute approximate surface area is 192 Å². The minimum atomic E-state index is -0.932. The fourth-order valence-corrected chi connectivity index (χ4v) is 2.74. The van der Waals surface area contributed by atoms with Crippen molar-refractivity contribution < 1.29 is 19.2 Å². The monoisotopic (exact) mass is 482 g/mol. The fourth-order valence-electron chi connectivity index (χ4n) is 2.13. The van der Waals surface area contributed by atoms with Gasteiger partial charge in [-0.3, -0.25) is 35.9 Å². The summed E-state index contributed by atoms with van der Waals surface area (Å²) in [5, 5.41) is 13.6. The van der Waals surface area contributed by atoms with Gasteiger partial charge in [0.1, 0.15) is 5.75 Å². The first kappa shape index (κ1) is 24.1. The standard InChI is InChI=1S/C19H16Cl2N4O5S/c1-11(30-16-7-6-13(20)10-15(16)21)18(27)23-24-19(31)22-17(26)8-5-12-3-2-4-14(9-12)25(28)29/h2-11H,1H3,(H,23,27)(H2,22,24,26,31)/b8-5+. The predicted molar refractivity (Wildman–Crippen MR) is 121 cm³/mol. The number of nitro benzene ring substituents is 1. The van der Waals surface area contributed by atoms with Crippen molar-refractivity contribution in [3.8, 4) is 5.75 Å². The maximum Gasteiger partial charge on any atom is 0.279 e. The highest BCUT2D eigenvalue weighted by atomic mass is 35.5. The van der Waals surface area contributed by atoms with Gasteiger partial charge in [-0.2, -0.15) is 0 Å². The minimum absolute atomic E-state index is 0.0984. The molecule has 0 aliphatic rings. The molecule has 1 atom stereocenters. The number of benzene rings is 2. The zero-order chi connectivity index (χ0) is 23.0. The highest BCUT2D eigenvalue weighted by Gasteiger charge is 2.16. The van der Waals surface area contributed by atoms with E-state index >= 15 is 0 Å². The number of halogens is 2. The normalized spacial score (nSPS) is 11.5. The SMILES string of the molecule is CC(Oc1ccc(Cl)cc1Cl)C(=O)NNC(=S)NC(=O)/C=C/c1cccc([N+](=O)[O-])c1. The van der Waals surface area contributed by atoms with Gasteiger partial charge in [-0.25, -0.2) is 0 Å². The van der Waals surface area contributed by atoms with Crippen LogP contribution in [0.15, 0.2) is 48.5 Å². The van der Waals surface area contributed by atoms with Crippen LogP contribution in [0.3, 0.4) is 0 Å². The number of hydrazine groups is 1. The lowest BCUT2D eigenvalue weighted by molar-refractivity contribution is -0.384. The van der Waals surface area contributed by atoms with Crippen LogP contribution in [0.4, 0.5) is 5.69 Å². The summed E-state index contributed by atoms with van der Waals surface area (Å²) in [5.74, 6) is -0.902. The molecular formula is C19H16Cl2N4O5S. The number of nitrogens with one attached hydrogen (secondary N) is 3. The zero-order valence-electron chi connectivity index (χ0n) is 15.9. The molecule has 0 aliphatic heterocycles. The average Bonchev–Trinajstić information content (AvgIpc) is 2.72. The smallest absolute Gasteiger partial charge is 0.279 e. The second-order valence-electron chi connectivity index (χ2n) is 5.95. The van der Waals surface area contributed by atoms with Gasteiger partial charge in [-0.1, -0.05) is 35.3 Å². The van der Waals surface area contributed by atoms with Gasteiger partial charge < -0.3 is 4.74 Å². The van der Waals surface area contributed by atoms with Crippen LogP contribution in [0.2, 0.25) is 10.0 Å². The van der Waals surface area contributed by atoms with Gasteiger partial charge in [0.05, 0.1) is 9.95 Å². The second kappa shape index (κ2) is 11.3. The summed E-state index contributed by atoms with van der Waals surface area (Å²) in [4.78, 5) is 34.2. The Morgan fingerprint density at radius 2 is 1.94 bits per heavy atom. The molecule has 0 spiro atoms. The molecule has 0 radical (unpaired) electrons. The van der Waals surface area contributed by atoms with Crippen molar-refractivity contribution in [3.63, 3.8) is 0 Å². The van der Waals surface area contributed by atoms with Crippen molar-refractivity contribution in [3.05, 3.63) is 74.3 Å². The van der Waals surface area contributed by atoms with Crippen LogP contribution in [-0.4, -0.2) is 28.0 Å². The van der Waals surface area contributed by atoms with Gasteiger partial charge in [-0.05, 0) is 49.0 Å². The molecule has 0 saturated carbocycles. The summed E-state index contributed by atoms with van der Waals surface area (Å²) in [6, 6.07) is 10.3. The quantitative estimate of drug-likeness (QED) is 0.249. The first-order valence-corrected chi connectivity index (χ1v) is 9.77. The Hall–Kier alpha value is -3.21. The number of hydrogen-bond donors (Lipinski definition) is 3. The van der Waals surface area contributed by atoms with Crippen molar-refractivity contribution in [1.29, 1.82) is 0 Å². The van der Waals surface area contributed by atoms with Gasteiger partial charge in [0.15, 0.2) is 11.2 Å². The van der Waals surface area contributed by atoms with Gasteiger partial charge in [0.2, 0.25) is 5.91 Å². The number of carbonyl (C=O) groups excluding carboxylic acids is 2. The first-order chi connectivity index (χ1) is 14.7. The van der Waals surface area contributed by atoms with Crippen molar-refractivity contribution in [2.24, 2.45) is 0 Å². The van der Waals surface area contributed by atoms with Crippen LogP contribution in [0, 0.1) is 10.1 Å². The maximum atomic E-state index is 12.1. The van der Waals surface area contributed by atoms with Crippen molar-refractivity contribution in [1.82, 2.24) is 16.2 Å². The fraction of sp³-hybridized carbons (Fsp3) is 0.105. The van der Waals surface area contributed by atoms with Crippen LogP contribution < -0.4 is 20.9 Å². The summed E-state index contributed by atoms with van der Waals surface area (Å²) in [5.41, 5.74) is 5.03. The number of non-ortho nitro benzene ring substituents is 1. The molecule has 2 amide bonds. The number of amides is 2. The van der Waals surface area contributed by atoms with Gasteiger partial charge in [0.25, 0.3) is 11.6 Å². The summed E-state index contributed by atoms with van der Waals surface area (Å²) in [6.07, 6.45) is 1.59. The van der Waals surface area contributed by atoms with E-state index in [2.05, 4.69) is 16.2 Å². The van der Waals surface area contributed by atoms with E-state index in [0.29, 0.717) is 10.6 Å². The van der Waals surface area contributed by atoms with E-state index in [-0.39, 0.29) is 21.6 Å². The average molecular weight is 483 g/mol. The van der Waals surface area contributed by atoms with Crippen molar-refractivity contribution in [2.75, 3.05) is 0 Å². The van der Waals surface area contributed by atoms with E-state index in [1.54, 1.807) is 12.1 Å². The van der Waals surface area contributed by atoms with Crippen molar-refractivity contribution >= 4 is 64.1 Å². The number of nitro groups is 1. The molecule has 12 heteroatoms. The molecule has 9 nitrogen and oxygen atoms in total. The molecule has 0 heterocycles. The van der Waals surface area contributed by atoms with Crippen molar-refractivity contribution in [2.45, 2.75) is 13.0 Å². The highest BCUT2D eigenvalue weighted by molar-refractivity contribution is 7.80. The van der Waals surface area contributed by atoms with Crippen LogP contribution in [-0.2, 0) is 9.59 Å². The summed E-state index contributed by atoms with van der Waals surface area (Å²) in [6.45, 7) is 1.49. The lowest BCUT2D eigenvalue weighted by atomic mass is 10.2. The van der Waals surface area contributed by atoms with E-state index in [9.17, 15) is 19.7 Å². The number of thiocarbonyl (C=S) groups is 1. The number of nitrogens with zero attached hydrogens (tertiary/aromatic N) is 1. The van der Waals surface area contributed by atoms with E-state index < -0.39 is 22.8 Å². The molecule has 0 aliphatic carbocycles. The first-order valence-electron chi connectivity index (χ1n) is 8.61. The second-order valence-corrected chi connectivity index (χ2v) is 7.20. The van der Waals surface area contributed by atoms with Crippen LogP contribution in [0.25, 0.3) is 6.08 Å².